The van der Waals surface area contributed by atoms with Crippen molar-refractivity contribution in [2.45, 2.75) is 45.4 Å². The Morgan fingerprint density at radius 1 is 1.16 bits per heavy atom. The maximum absolute atomic E-state index is 12.2. The van der Waals surface area contributed by atoms with Crippen molar-refractivity contribution in [3.63, 3.8) is 0 Å². The molecule has 0 radical (unpaired) electrons. The van der Waals surface area contributed by atoms with Crippen LogP contribution in [0.5, 0.6) is 5.75 Å². The van der Waals surface area contributed by atoms with Crippen LogP contribution in [0.25, 0.3) is 28.8 Å². The molecule has 7 heteroatoms. The Kier molecular flexibility index (Phi) is 7.15. The first-order valence-electron chi connectivity index (χ1n) is 12.8. The highest BCUT2D eigenvalue weighted by atomic mass is 16.5. The lowest BCUT2D eigenvalue weighted by molar-refractivity contribution is -0.116. The monoisotopic (exact) mass is 496 g/mol. The number of hydrogen-bond donors (Lipinski definition) is 3. The van der Waals surface area contributed by atoms with Crippen LogP contribution in [-0.2, 0) is 22.4 Å². The van der Waals surface area contributed by atoms with E-state index in [-0.39, 0.29) is 29.8 Å². The average Bonchev–Trinajstić information content (AvgIpc) is 3.45. The molecule has 2 aliphatic carbocycles. The Morgan fingerprint density at radius 2 is 1.97 bits per heavy atom. The SMILES string of the molecule is CCc1[nH]c2nc(CCC3=CCC=c4ccccc4=C3)nc(C3=CCC(C(=N)C(=O)COC)C3)c2c1O. The lowest BCUT2D eigenvalue weighted by Gasteiger charge is -2.12. The summed E-state index contributed by atoms with van der Waals surface area (Å²) >= 11 is 0. The van der Waals surface area contributed by atoms with Gasteiger partial charge in [0.15, 0.2) is 0 Å². The highest BCUT2D eigenvalue weighted by Crippen LogP contribution is 2.39. The number of rotatable bonds is 9. The first-order valence-corrected chi connectivity index (χ1v) is 12.8. The van der Waals surface area contributed by atoms with Gasteiger partial charge in [-0.2, -0.15) is 0 Å². The van der Waals surface area contributed by atoms with Gasteiger partial charge in [-0.15, -0.1) is 0 Å². The van der Waals surface area contributed by atoms with Gasteiger partial charge in [0, 0.05) is 19.4 Å². The van der Waals surface area contributed by atoms with Crippen LogP contribution >= 0.6 is 0 Å². The van der Waals surface area contributed by atoms with Crippen molar-refractivity contribution in [3.8, 4) is 5.75 Å². The van der Waals surface area contributed by atoms with E-state index in [1.54, 1.807) is 0 Å². The maximum Gasteiger partial charge on any atom is 0.202 e. The van der Waals surface area contributed by atoms with Gasteiger partial charge >= 0.3 is 0 Å². The van der Waals surface area contributed by atoms with Crippen molar-refractivity contribution in [1.82, 2.24) is 15.0 Å². The molecule has 0 spiro atoms. The lowest BCUT2D eigenvalue weighted by Crippen LogP contribution is -2.25. The number of H-pyrrole nitrogens is 1. The van der Waals surface area contributed by atoms with Crippen LogP contribution < -0.4 is 10.4 Å². The summed E-state index contributed by atoms with van der Waals surface area (Å²) in [5.41, 5.74) is 4.32. The molecule has 3 N–H and O–H groups in total. The molecule has 2 heterocycles. The zero-order chi connectivity index (χ0) is 25.9. The third-order valence-electron chi connectivity index (χ3n) is 7.20. The van der Waals surface area contributed by atoms with E-state index >= 15 is 0 Å². The summed E-state index contributed by atoms with van der Waals surface area (Å²) in [6, 6.07) is 8.40. The molecule has 1 atom stereocenters. The van der Waals surface area contributed by atoms with Crippen LogP contribution in [0.15, 0.2) is 42.0 Å². The maximum atomic E-state index is 12.2. The van der Waals surface area contributed by atoms with Crippen molar-refractivity contribution in [3.05, 3.63) is 69.6 Å². The number of allylic oxidation sites excluding steroid dienone is 4. The second-order valence-electron chi connectivity index (χ2n) is 9.65. The Morgan fingerprint density at radius 3 is 2.76 bits per heavy atom. The molecule has 2 aliphatic rings. The third-order valence-corrected chi connectivity index (χ3v) is 7.20. The Bertz CT molecular complexity index is 1560. The number of ether oxygens (including phenoxy) is 1. The number of aromatic amines is 1. The molecule has 7 nitrogen and oxygen atoms in total. The van der Waals surface area contributed by atoms with Crippen molar-refractivity contribution >= 4 is 40.3 Å². The number of ketones is 1. The number of Topliss-reactive ketones (excluding diaryl/α,β-unsaturated/α-hetero) is 1. The van der Waals surface area contributed by atoms with E-state index in [1.165, 1.54) is 23.1 Å². The molecule has 2 aromatic heterocycles. The molecule has 37 heavy (non-hydrogen) atoms. The molecule has 0 bridgehead atoms. The fourth-order valence-corrected chi connectivity index (χ4v) is 5.20. The number of nitrogens with one attached hydrogen (secondary N) is 2. The number of aromatic nitrogens is 3. The molecule has 0 fully saturated rings. The Hall–Kier alpha value is -3.84. The van der Waals surface area contributed by atoms with E-state index < -0.39 is 0 Å². The summed E-state index contributed by atoms with van der Waals surface area (Å²) < 4.78 is 4.93. The second kappa shape index (κ2) is 10.6. The topological polar surface area (TPSA) is 112 Å². The largest absolute Gasteiger partial charge is 0.505 e. The Labute approximate surface area is 215 Å². The first kappa shape index (κ1) is 24.8. The van der Waals surface area contributed by atoms with Crippen molar-refractivity contribution in [1.29, 1.82) is 5.41 Å². The molecular weight excluding hydrogens is 464 g/mol. The molecule has 0 saturated heterocycles. The van der Waals surface area contributed by atoms with E-state index in [4.69, 9.17) is 20.1 Å². The normalized spacial score (nSPS) is 16.9. The molecule has 1 unspecified atom stereocenters. The zero-order valence-corrected chi connectivity index (χ0v) is 21.3. The van der Waals surface area contributed by atoms with Crippen molar-refractivity contribution in [2.24, 2.45) is 5.92 Å². The first-order chi connectivity index (χ1) is 18.0. The number of carbonyl (C=O) groups is 1. The highest BCUT2D eigenvalue weighted by Gasteiger charge is 2.29. The van der Waals surface area contributed by atoms with Crippen LogP contribution in [0.4, 0.5) is 0 Å². The van der Waals surface area contributed by atoms with Gasteiger partial charge in [0.25, 0.3) is 0 Å². The fraction of sp³-hybridized carbons (Fsp3) is 0.333. The predicted molar refractivity (Wildman–Crippen MR) is 146 cm³/mol. The lowest BCUT2D eigenvalue weighted by atomic mass is 9.95. The van der Waals surface area contributed by atoms with E-state index in [0.717, 1.165) is 24.1 Å². The van der Waals surface area contributed by atoms with Crippen LogP contribution in [-0.4, -0.2) is 45.3 Å². The van der Waals surface area contributed by atoms with E-state index in [0.29, 0.717) is 48.2 Å². The molecule has 190 valence electrons. The number of fused-ring (bicyclic) bond motifs is 2. The highest BCUT2D eigenvalue weighted by molar-refractivity contribution is 6.40. The number of aromatic hydroxyl groups is 1. The minimum Gasteiger partial charge on any atom is -0.505 e. The summed E-state index contributed by atoms with van der Waals surface area (Å²) in [7, 11) is 1.46. The van der Waals surface area contributed by atoms with Gasteiger partial charge in [-0.1, -0.05) is 61.1 Å². The van der Waals surface area contributed by atoms with Gasteiger partial charge < -0.3 is 20.2 Å². The molecular formula is C30H32N4O3. The van der Waals surface area contributed by atoms with Gasteiger partial charge in [-0.05, 0) is 48.1 Å². The standard InChI is InChI=1S/C30H32N4O3/c1-3-23-29(36)26-28(22-13-12-21(16-22)27(31)24(35)17-37-2)33-25(34-30(26)32-23)14-11-18-7-6-10-19-8-4-5-9-20(19)15-18/h4-5,7-10,13,15,21,31,36H,3,6,11-12,14,16-17H2,1-2H3,(H,32,33,34). The van der Waals surface area contributed by atoms with E-state index in [1.807, 2.05) is 13.0 Å². The van der Waals surface area contributed by atoms with Gasteiger partial charge in [0.05, 0.1) is 22.5 Å². The van der Waals surface area contributed by atoms with Crippen LogP contribution in [0.3, 0.4) is 0 Å². The van der Waals surface area contributed by atoms with Crippen molar-refractivity contribution < 1.29 is 14.6 Å². The van der Waals surface area contributed by atoms with E-state index in [2.05, 4.69) is 47.5 Å². The molecule has 0 aliphatic heterocycles. The number of methoxy groups -OCH3 is 1. The number of hydrogen-bond acceptors (Lipinski definition) is 6. The summed E-state index contributed by atoms with van der Waals surface area (Å²) in [5.74, 6) is 0.387. The van der Waals surface area contributed by atoms with Gasteiger partial charge in [0.1, 0.15) is 23.8 Å². The molecule has 0 amide bonds. The summed E-state index contributed by atoms with van der Waals surface area (Å²) in [6.45, 7) is 1.90. The van der Waals surface area contributed by atoms with E-state index in [9.17, 15) is 9.90 Å². The average molecular weight is 497 g/mol. The number of nitrogens with zero attached hydrogens (tertiary/aromatic N) is 2. The summed E-state index contributed by atoms with van der Waals surface area (Å²) in [5, 5.41) is 22.3. The molecule has 0 saturated carbocycles. The number of benzene rings is 1. The van der Waals surface area contributed by atoms with Crippen molar-refractivity contribution in [2.75, 3.05) is 13.7 Å². The third kappa shape index (κ3) is 5.04. The fourth-order valence-electron chi connectivity index (χ4n) is 5.20. The Balaban J connectivity index is 1.44. The second-order valence-corrected chi connectivity index (χ2v) is 9.65. The summed E-state index contributed by atoms with van der Waals surface area (Å²) in [4.78, 5) is 25.2. The smallest absolute Gasteiger partial charge is 0.202 e. The summed E-state index contributed by atoms with van der Waals surface area (Å²) in [6.07, 6.45) is 12.9. The molecule has 3 aromatic rings. The van der Waals surface area contributed by atoms with Gasteiger partial charge in [-0.3, -0.25) is 4.79 Å². The molecule has 5 rings (SSSR count). The van der Waals surface area contributed by atoms with Gasteiger partial charge in [0.2, 0.25) is 5.78 Å². The quantitative estimate of drug-likeness (QED) is 0.391. The number of aryl methyl sites for hydroxylation is 2. The van der Waals surface area contributed by atoms with Crippen LogP contribution in [0.2, 0.25) is 0 Å². The van der Waals surface area contributed by atoms with Crippen LogP contribution in [0.1, 0.15) is 49.8 Å². The zero-order valence-electron chi connectivity index (χ0n) is 21.3. The van der Waals surface area contributed by atoms with Gasteiger partial charge in [-0.25, -0.2) is 9.97 Å². The minimum absolute atomic E-state index is 0.0825. The predicted octanol–water partition coefficient (Wildman–Crippen LogP) is 3.78. The van der Waals surface area contributed by atoms with Crippen LogP contribution in [0, 0.1) is 11.3 Å². The number of carbonyl (C=O) groups excluding carboxylic acids is 1. The molecule has 1 aromatic carbocycles. The minimum atomic E-state index is -0.292.